The first-order valence-corrected chi connectivity index (χ1v) is 11.6. The van der Waals surface area contributed by atoms with Gasteiger partial charge in [0.1, 0.15) is 11.1 Å². The van der Waals surface area contributed by atoms with Crippen molar-refractivity contribution >= 4 is 23.9 Å². The molecule has 5 heterocycles. The fraction of sp³-hybridized carbons (Fsp3) is 0.818. The SMILES string of the molecule is C.CN1CCC2(C1)NC(=O)N(C)C2=O.CN1CCC2(C1)NC(=O)NC2=O.CN1CCNCC(O)C1. The van der Waals surface area contributed by atoms with Gasteiger partial charge in [0.25, 0.3) is 11.8 Å². The summed E-state index contributed by atoms with van der Waals surface area (Å²) in [5.74, 6) is -0.279. The van der Waals surface area contributed by atoms with Crippen LogP contribution in [0.1, 0.15) is 20.3 Å². The molecule has 0 bridgehead atoms. The van der Waals surface area contributed by atoms with Gasteiger partial charge in [0, 0.05) is 59.4 Å². The average Bonchev–Trinajstić information content (AvgIpc) is 3.42. The highest BCUT2D eigenvalue weighted by Crippen LogP contribution is 2.26. The Kier molecular flexibility index (Phi) is 9.59. The summed E-state index contributed by atoms with van der Waals surface area (Å²) in [5, 5.41) is 20.0. The molecule has 6 amide bonds. The number of carbonyl (C=O) groups excluding carboxylic acids is 4. The van der Waals surface area contributed by atoms with Crippen LogP contribution in [-0.2, 0) is 9.59 Å². The maximum absolute atomic E-state index is 11.7. The summed E-state index contributed by atoms with van der Waals surface area (Å²) in [6.07, 6.45) is 1.25. The van der Waals surface area contributed by atoms with Crippen LogP contribution in [0.4, 0.5) is 9.59 Å². The van der Waals surface area contributed by atoms with Gasteiger partial charge < -0.3 is 35.8 Å². The van der Waals surface area contributed by atoms with Crippen molar-refractivity contribution in [1.82, 2.24) is 40.9 Å². The fourth-order valence-corrected chi connectivity index (χ4v) is 4.90. The smallest absolute Gasteiger partial charge is 0.324 e. The van der Waals surface area contributed by atoms with E-state index in [1.165, 1.54) is 11.9 Å². The Labute approximate surface area is 207 Å². The summed E-state index contributed by atoms with van der Waals surface area (Å²) in [6.45, 7) is 6.53. The van der Waals surface area contributed by atoms with Gasteiger partial charge in [-0.2, -0.15) is 0 Å². The van der Waals surface area contributed by atoms with Crippen LogP contribution in [-0.4, -0.2) is 146 Å². The van der Waals surface area contributed by atoms with Crippen LogP contribution in [0, 0.1) is 0 Å². The van der Waals surface area contributed by atoms with Crippen LogP contribution in [0.15, 0.2) is 0 Å². The summed E-state index contributed by atoms with van der Waals surface area (Å²) in [7, 11) is 7.43. The molecule has 5 aliphatic rings. The van der Waals surface area contributed by atoms with E-state index < -0.39 is 11.1 Å². The molecule has 5 N–H and O–H groups in total. The van der Waals surface area contributed by atoms with Gasteiger partial charge in [0.15, 0.2) is 0 Å². The number of nitrogens with one attached hydrogen (secondary N) is 4. The third-order valence-electron chi connectivity index (χ3n) is 6.87. The first-order chi connectivity index (χ1) is 16.0. The minimum absolute atomic E-state index is 0. The molecule has 0 saturated carbocycles. The highest BCUT2D eigenvalue weighted by molar-refractivity contribution is 6.07. The van der Waals surface area contributed by atoms with Crippen molar-refractivity contribution in [3.8, 4) is 0 Å². The van der Waals surface area contributed by atoms with Crippen molar-refractivity contribution in [2.45, 2.75) is 37.5 Å². The van der Waals surface area contributed by atoms with Crippen molar-refractivity contribution in [2.75, 3.05) is 80.5 Å². The van der Waals surface area contributed by atoms with Crippen LogP contribution in [0.3, 0.4) is 0 Å². The van der Waals surface area contributed by atoms with Crippen LogP contribution < -0.4 is 21.3 Å². The number of hydrogen-bond acceptors (Lipinski definition) is 9. The standard InChI is InChI=1S/C8H13N3O2.C7H11N3O2.C6H14N2O.CH4/c1-10-4-3-8(5-10)6(12)11(2)7(13)9-8;1-10-3-2-7(4-10)5(11)8-6(12)9-7;1-8-3-2-7-4-6(9)5-8;/h3-5H2,1-2H3,(H,9,13);2-4H2,1H3,(H2,8,9,11,12);6-7,9H,2-5H2,1H3;1H4. The van der Waals surface area contributed by atoms with E-state index in [4.69, 9.17) is 5.11 Å². The lowest BCUT2D eigenvalue weighted by Gasteiger charge is -2.19. The number of nitrogens with zero attached hydrogens (tertiary/aromatic N) is 4. The molecule has 5 rings (SSSR count). The molecule has 5 fully saturated rings. The number of imide groups is 2. The molecule has 35 heavy (non-hydrogen) atoms. The van der Waals surface area contributed by atoms with Gasteiger partial charge in [-0.25, -0.2) is 9.59 Å². The Hall–Kier alpha value is -2.32. The zero-order valence-electron chi connectivity index (χ0n) is 20.5. The fourth-order valence-electron chi connectivity index (χ4n) is 4.90. The normalized spacial score (nSPS) is 33.4. The second kappa shape index (κ2) is 11.6. The van der Waals surface area contributed by atoms with Crippen LogP contribution in [0.5, 0.6) is 0 Å². The third kappa shape index (κ3) is 6.67. The molecular weight excluding hydrogens is 456 g/mol. The molecule has 13 nitrogen and oxygen atoms in total. The Bertz CT molecular complexity index is 803. The Balaban J connectivity index is 0.000000186. The van der Waals surface area contributed by atoms with Crippen molar-refractivity contribution < 1.29 is 24.3 Å². The summed E-state index contributed by atoms with van der Waals surface area (Å²) in [4.78, 5) is 52.5. The third-order valence-corrected chi connectivity index (χ3v) is 6.87. The van der Waals surface area contributed by atoms with Crippen molar-refractivity contribution in [2.24, 2.45) is 0 Å². The van der Waals surface area contributed by atoms with Gasteiger partial charge in [-0.05, 0) is 34.0 Å². The molecule has 0 aliphatic carbocycles. The maximum Gasteiger partial charge on any atom is 0.324 e. The predicted molar refractivity (Wildman–Crippen MR) is 131 cm³/mol. The van der Waals surface area contributed by atoms with E-state index in [2.05, 4.69) is 31.1 Å². The number of aliphatic hydroxyl groups is 1. The number of amides is 6. The van der Waals surface area contributed by atoms with Gasteiger partial charge in [0.2, 0.25) is 0 Å². The first kappa shape index (κ1) is 28.9. The molecule has 0 aromatic heterocycles. The summed E-state index contributed by atoms with van der Waals surface area (Å²) in [5.41, 5.74) is -1.26. The lowest BCUT2D eigenvalue weighted by molar-refractivity contribution is -0.130. The monoisotopic (exact) mass is 498 g/mol. The van der Waals surface area contributed by atoms with E-state index in [9.17, 15) is 19.2 Å². The van der Waals surface area contributed by atoms with E-state index in [1.54, 1.807) is 0 Å². The Morgan fingerprint density at radius 3 is 1.91 bits per heavy atom. The van der Waals surface area contributed by atoms with Crippen molar-refractivity contribution in [3.63, 3.8) is 0 Å². The summed E-state index contributed by atoms with van der Waals surface area (Å²) in [6, 6.07) is -0.643. The molecule has 0 aromatic carbocycles. The van der Waals surface area contributed by atoms with Gasteiger partial charge in [-0.15, -0.1) is 0 Å². The highest BCUT2D eigenvalue weighted by atomic mass is 16.3. The van der Waals surface area contributed by atoms with Gasteiger partial charge in [0.05, 0.1) is 6.10 Å². The van der Waals surface area contributed by atoms with Crippen LogP contribution in [0.2, 0.25) is 0 Å². The topological polar surface area (TPSA) is 150 Å². The zero-order valence-corrected chi connectivity index (χ0v) is 20.5. The van der Waals surface area contributed by atoms with Gasteiger partial charge in [-0.3, -0.25) is 19.8 Å². The molecule has 3 atom stereocenters. The number of likely N-dealkylation sites (N-methyl/N-ethyl adjacent to an activating group) is 4. The number of likely N-dealkylation sites (tertiary alicyclic amines) is 2. The maximum atomic E-state index is 11.7. The van der Waals surface area contributed by atoms with E-state index in [1.807, 2.05) is 26.0 Å². The molecule has 0 aromatic rings. The molecule has 0 radical (unpaired) electrons. The average molecular weight is 499 g/mol. The van der Waals surface area contributed by atoms with Gasteiger partial charge in [-0.1, -0.05) is 7.43 Å². The van der Waals surface area contributed by atoms with Crippen molar-refractivity contribution in [3.05, 3.63) is 0 Å². The molecule has 13 heteroatoms. The Morgan fingerprint density at radius 2 is 1.46 bits per heavy atom. The second-order valence-electron chi connectivity index (χ2n) is 9.96. The zero-order chi connectivity index (χ0) is 25.1. The van der Waals surface area contributed by atoms with Crippen LogP contribution >= 0.6 is 0 Å². The molecule has 200 valence electrons. The number of aliphatic hydroxyl groups excluding tert-OH is 1. The minimum atomic E-state index is -0.633. The number of rotatable bonds is 0. The van der Waals surface area contributed by atoms with E-state index in [0.29, 0.717) is 19.5 Å². The number of carbonyl (C=O) groups is 4. The molecular formula is C22H42N8O5. The number of urea groups is 2. The molecule has 3 unspecified atom stereocenters. The molecule has 2 spiro atoms. The Morgan fingerprint density at radius 1 is 0.857 bits per heavy atom. The number of hydrogen-bond donors (Lipinski definition) is 5. The number of β-amino-alcohol motifs (C(OH)–C–C–N with tert-alkyl or cyclic N) is 1. The largest absolute Gasteiger partial charge is 0.390 e. The molecule has 5 saturated heterocycles. The van der Waals surface area contributed by atoms with Gasteiger partial charge >= 0.3 is 12.1 Å². The van der Waals surface area contributed by atoms with Crippen molar-refractivity contribution in [1.29, 1.82) is 0 Å². The summed E-state index contributed by atoms with van der Waals surface area (Å²) >= 11 is 0. The summed E-state index contributed by atoms with van der Waals surface area (Å²) < 4.78 is 0. The highest BCUT2D eigenvalue weighted by Gasteiger charge is 2.52. The van der Waals surface area contributed by atoms with E-state index in [-0.39, 0.29) is 37.4 Å². The minimum Gasteiger partial charge on any atom is -0.390 e. The lowest BCUT2D eigenvalue weighted by atomic mass is 9.99. The predicted octanol–water partition coefficient (Wildman–Crippen LogP) is -2.34. The van der Waals surface area contributed by atoms with E-state index >= 15 is 0 Å². The second-order valence-corrected chi connectivity index (χ2v) is 9.96. The quantitative estimate of drug-likeness (QED) is 0.232. The van der Waals surface area contributed by atoms with E-state index in [0.717, 1.165) is 45.7 Å². The molecule has 5 aliphatic heterocycles. The lowest BCUT2D eigenvalue weighted by Crippen LogP contribution is -2.48. The first-order valence-electron chi connectivity index (χ1n) is 11.6. The van der Waals surface area contributed by atoms with Crippen LogP contribution in [0.25, 0.3) is 0 Å².